The van der Waals surface area contributed by atoms with Crippen LogP contribution in [0.1, 0.15) is 44.0 Å². The van der Waals surface area contributed by atoms with Gasteiger partial charge in [0, 0.05) is 18.8 Å². The molecule has 0 aliphatic carbocycles. The van der Waals surface area contributed by atoms with Crippen LogP contribution in [0, 0.1) is 22.0 Å². The van der Waals surface area contributed by atoms with Crippen molar-refractivity contribution in [3.63, 3.8) is 0 Å². The first-order valence-corrected chi connectivity index (χ1v) is 10.1. The second-order valence-electron chi connectivity index (χ2n) is 8.02. The quantitative estimate of drug-likeness (QED) is 0.409. The normalized spacial score (nSPS) is 14.6. The number of aromatic nitrogens is 2. The van der Waals surface area contributed by atoms with Gasteiger partial charge in [-0.25, -0.2) is 14.8 Å². The number of nitro groups is 1. The first kappa shape index (κ1) is 21.5. The second kappa shape index (κ2) is 9.51. The summed E-state index contributed by atoms with van der Waals surface area (Å²) in [6, 6.07) is 6.57. The van der Waals surface area contributed by atoms with Crippen molar-refractivity contribution in [2.24, 2.45) is 11.8 Å². The van der Waals surface area contributed by atoms with Crippen LogP contribution in [0.3, 0.4) is 0 Å². The predicted molar refractivity (Wildman–Crippen MR) is 114 cm³/mol. The monoisotopic (exact) mass is 413 g/mol. The van der Waals surface area contributed by atoms with Gasteiger partial charge < -0.3 is 15.0 Å². The van der Waals surface area contributed by atoms with E-state index >= 15 is 0 Å². The van der Waals surface area contributed by atoms with E-state index in [9.17, 15) is 14.9 Å². The van der Waals surface area contributed by atoms with Crippen molar-refractivity contribution in [2.45, 2.75) is 33.6 Å². The molecule has 9 nitrogen and oxygen atoms in total. The van der Waals surface area contributed by atoms with E-state index < -0.39 is 10.9 Å². The van der Waals surface area contributed by atoms with E-state index in [2.05, 4.69) is 22.2 Å². The Morgan fingerprint density at radius 2 is 1.93 bits per heavy atom. The standard InChI is InChI=1S/C21H27N5O4/c1-14(2)12-30-21(27)16-4-6-17(7-5-16)24-19-18(26(28)29)20(23-13-22-19)25-10-8-15(3)9-11-25/h4-7,13-15H,8-12H2,1-3H3,(H,22,23,24). The Morgan fingerprint density at radius 3 is 2.53 bits per heavy atom. The molecule has 0 unspecified atom stereocenters. The van der Waals surface area contributed by atoms with Crippen molar-refractivity contribution in [2.75, 3.05) is 29.9 Å². The Labute approximate surface area is 175 Å². The molecular formula is C21H27N5O4. The van der Waals surface area contributed by atoms with Crippen LogP contribution in [-0.2, 0) is 4.74 Å². The molecule has 1 saturated heterocycles. The minimum atomic E-state index is -0.451. The lowest BCUT2D eigenvalue weighted by atomic mass is 9.99. The molecule has 1 fully saturated rings. The molecule has 1 N–H and O–H groups in total. The van der Waals surface area contributed by atoms with E-state index in [0.717, 1.165) is 25.9 Å². The summed E-state index contributed by atoms with van der Waals surface area (Å²) in [5, 5.41) is 14.8. The summed E-state index contributed by atoms with van der Waals surface area (Å²) in [7, 11) is 0. The largest absolute Gasteiger partial charge is 0.462 e. The number of carbonyl (C=O) groups excluding carboxylic acids is 1. The molecule has 1 aromatic heterocycles. The average Bonchev–Trinajstić information content (AvgIpc) is 2.72. The van der Waals surface area contributed by atoms with Gasteiger partial charge in [-0.15, -0.1) is 0 Å². The Morgan fingerprint density at radius 1 is 1.27 bits per heavy atom. The molecule has 2 aromatic rings. The third-order valence-corrected chi connectivity index (χ3v) is 5.00. The zero-order chi connectivity index (χ0) is 21.7. The molecule has 2 heterocycles. The van der Waals surface area contributed by atoms with Gasteiger partial charge in [-0.3, -0.25) is 10.1 Å². The summed E-state index contributed by atoms with van der Waals surface area (Å²) in [6.45, 7) is 7.92. The molecule has 0 saturated carbocycles. The predicted octanol–water partition coefficient (Wildman–Crippen LogP) is 4.18. The fraction of sp³-hybridized carbons (Fsp3) is 0.476. The van der Waals surface area contributed by atoms with Gasteiger partial charge >= 0.3 is 11.7 Å². The van der Waals surface area contributed by atoms with Gasteiger partial charge in [-0.1, -0.05) is 20.8 Å². The Hall–Kier alpha value is -3.23. The first-order valence-electron chi connectivity index (χ1n) is 10.1. The van der Waals surface area contributed by atoms with Crippen LogP contribution in [-0.4, -0.2) is 40.6 Å². The highest BCUT2D eigenvalue weighted by Gasteiger charge is 2.29. The molecule has 1 aromatic carbocycles. The SMILES string of the molecule is CC(C)COC(=O)c1ccc(Nc2ncnc(N3CCC(C)CC3)c2[N+](=O)[O-])cc1. The van der Waals surface area contributed by atoms with E-state index in [0.29, 0.717) is 29.6 Å². The molecule has 160 valence electrons. The van der Waals surface area contributed by atoms with Gasteiger partial charge in [0.15, 0.2) is 0 Å². The Bertz CT molecular complexity index is 893. The van der Waals surface area contributed by atoms with E-state index in [1.807, 2.05) is 18.7 Å². The lowest BCUT2D eigenvalue weighted by Crippen LogP contribution is -2.34. The fourth-order valence-electron chi connectivity index (χ4n) is 3.23. The van der Waals surface area contributed by atoms with Crippen LogP contribution < -0.4 is 10.2 Å². The number of hydrogen-bond acceptors (Lipinski definition) is 8. The van der Waals surface area contributed by atoms with Crippen LogP contribution in [0.5, 0.6) is 0 Å². The van der Waals surface area contributed by atoms with Crippen molar-refractivity contribution >= 4 is 29.0 Å². The maximum Gasteiger partial charge on any atom is 0.353 e. The van der Waals surface area contributed by atoms with Gasteiger partial charge in [0.1, 0.15) is 6.33 Å². The summed E-state index contributed by atoms with van der Waals surface area (Å²) in [4.78, 5) is 33.6. The first-order chi connectivity index (χ1) is 14.3. The smallest absolute Gasteiger partial charge is 0.353 e. The summed E-state index contributed by atoms with van der Waals surface area (Å²) < 4.78 is 5.21. The number of benzene rings is 1. The molecule has 3 rings (SSSR count). The molecule has 0 bridgehead atoms. The number of anilines is 3. The summed E-state index contributed by atoms with van der Waals surface area (Å²) in [5.41, 5.74) is 0.851. The van der Waals surface area contributed by atoms with Gasteiger partial charge in [-0.05, 0) is 48.9 Å². The van der Waals surface area contributed by atoms with Crippen molar-refractivity contribution in [1.29, 1.82) is 0 Å². The van der Waals surface area contributed by atoms with E-state index in [4.69, 9.17) is 4.74 Å². The van der Waals surface area contributed by atoms with Crippen molar-refractivity contribution in [3.05, 3.63) is 46.3 Å². The maximum absolute atomic E-state index is 12.0. The third-order valence-electron chi connectivity index (χ3n) is 5.00. The average molecular weight is 413 g/mol. The molecule has 1 aliphatic heterocycles. The lowest BCUT2D eigenvalue weighted by molar-refractivity contribution is -0.383. The number of nitrogens with zero attached hydrogens (tertiary/aromatic N) is 4. The van der Waals surface area contributed by atoms with Crippen LogP contribution in [0.2, 0.25) is 0 Å². The number of esters is 1. The minimum Gasteiger partial charge on any atom is -0.462 e. The highest BCUT2D eigenvalue weighted by atomic mass is 16.6. The second-order valence-corrected chi connectivity index (χ2v) is 8.02. The highest BCUT2D eigenvalue weighted by molar-refractivity contribution is 5.90. The van der Waals surface area contributed by atoms with Crippen molar-refractivity contribution in [1.82, 2.24) is 9.97 Å². The third kappa shape index (κ3) is 5.22. The van der Waals surface area contributed by atoms with Gasteiger partial charge in [-0.2, -0.15) is 0 Å². The van der Waals surface area contributed by atoms with Crippen LogP contribution in [0.25, 0.3) is 0 Å². The van der Waals surface area contributed by atoms with Crippen molar-refractivity contribution in [3.8, 4) is 0 Å². The molecule has 1 aliphatic rings. The molecule has 0 atom stereocenters. The number of piperidine rings is 1. The number of nitrogens with one attached hydrogen (secondary N) is 1. The fourth-order valence-corrected chi connectivity index (χ4v) is 3.23. The number of rotatable bonds is 7. The highest BCUT2D eigenvalue weighted by Crippen LogP contribution is 2.35. The lowest BCUT2D eigenvalue weighted by Gasteiger charge is -2.30. The zero-order valence-corrected chi connectivity index (χ0v) is 17.5. The molecule has 0 spiro atoms. The molecular weight excluding hydrogens is 386 g/mol. The Kier molecular flexibility index (Phi) is 6.81. The Balaban J connectivity index is 1.78. The van der Waals surface area contributed by atoms with Crippen LogP contribution in [0.15, 0.2) is 30.6 Å². The van der Waals surface area contributed by atoms with Gasteiger partial charge in [0.25, 0.3) is 0 Å². The summed E-state index contributed by atoms with van der Waals surface area (Å²) in [6.07, 6.45) is 3.27. The van der Waals surface area contributed by atoms with Gasteiger partial charge in [0.2, 0.25) is 11.6 Å². The maximum atomic E-state index is 12.0. The molecule has 30 heavy (non-hydrogen) atoms. The van der Waals surface area contributed by atoms with E-state index in [1.165, 1.54) is 6.33 Å². The van der Waals surface area contributed by atoms with Crippen LogP contribution >= 0.6 is 0 Å². The van der Waals surface area contributed by atoms with Crippen LogP contribution in [0.4, 0.5) is 23.0 Å². The van der Waals surface area contributed by atoms with E-state index in [-0.39, 0.29) is 17.4 Å². The zero-order valence-electron chi connectivity index (χ0n) is 17.5. The number of carbonyl (C=O) groups is 1. The number of hydrogen-bond donors (Lipinski definition) is 1. The molecule has 9 heteroatoms. The summed E-state index contributed by atoms with van der Waals surface area (Å²) in [5.74, 6) is 0.915. The van der Waals surface area contributed by atoms with Gasteiger partial charge in [0.05, 0.1) is 17.1 Å². The molecule has 0 amide bonds. The molecule has 0 radical (unpaired) electrons. The topological polar surface area (TPSA) is 110 Å². The number of ether oxygens (including phenoxy) is 1. The van der Waals surface area contributed by atoms with E-state index in [1.54, 1.807) is 24.3 Å². The van der Waals surface area contributed by atoms with Crippen molar-refractivity contribution < 1.29 is 14.5 Å². The minimum absolute atomic E-state index is 0.124. The summed E-state index contributed by atoms with van der Waals surface area (Å²) >= 11 is 0.